The summed E-state index contributed by atoms with van der Waals surface area (Å²) in [5.74, 6) is 0.736. The van der Waals surface area contributed by atoms with Crippen molar-refractivity contribution in [3.63, 3.8) is 0 Å². The smallest absolute Gasteiger partial charge is 0.235 e. The second-order valence-electron chi connectivity index (χ2n) is 11.6. The summed E-state index contributed by atoms with van der Waals surface area (Å²) in [6, 6.07) is 45.8. The summed E-state index contributed by atoms with van der Waals surface area (Å²) >= 11 is 1.88. The first-order valence-corrected chi connectivity index (χ1v) is 16.0. The molecule has 6 aromatic carbocycles. The number of aromatic nitrogens is 3. The van der Waals surface area contributed by atoms with Gasteiger partial charge in [0.15, 0.2) is 0 Å². The molecule has 0 bridgehead atoms. The highest BCUT2D eigenvalue weighted by molar-refractivity contribution is 7.27. The maximum absolute atomic E-state index is 5.50. The van der Waals surface area contributed by atoms with Crippen LogP contribution in [0.5, 0.6) is 0 Å². The highest BCUT2D eigenvalue weighted by atomic mass is 32.1. The molecule has 206 valence electrons. The van der Waals surface area contributed by atoms with E-state index in [0.29, 0.717) is 0 Å². The normalized spacial score (nSPS) is 12.8. The number of aryl methyl sites for hydroxylation is 2. The third-order valence-electron chi connectivity index (χ3n) is 9.29. The minimum atomic E-state index is 0.736. The lowest BCUT2D eigenvalue weighted by atomic mass is 9.86. The largest absolute Gasteiger partial charge is 0.277 e. The molecule has 0 N–H and O–H groups in total. The molecule has 0 saturated carbocycles. The van der Waals surface area contributed by atoms with Gasteiger partial charge >= 0.3 is 0 Å². The van der Waals surface area contributed by atoms with Gasteiger partial charge in [0.1, 0.15) is 0 Å². The summed E-state index contributed by atoms with van der Waals surface area (Å²) < 4.78 is 4.96. The van der Waals surface area contributed by atoms with Crippen LogP contribution in [0.25, 0.3) is 81.1 Å². The Morgan fingerprint density at radius 1 is 0.568 bits per heavy atom. The van der Waals surface area contributed by atoms with E-state index in [1.165, 1.54) is 63.9 Å². The minimum Gasteiger partial charge on any atom is -0.277 e. The number of thiophene rings is 1. The van der Waals surface area contributed by atoms with Crippen molar-refractivity contribution in [1.29, 1.82) is 0 Å². The first-order valence-electron chi connectivity index (χ1n) is 15.2. The third kappa shape index (κ3) is 3.26. The fraction of sp³-hybridized carbons (Fsp3) is 0.0500. The zero-order valence-electron chi connectivity index (χ0n) is 23.8. The molecular weight excluding hydrogens is 555 g/mol. The van der Waals surface area contributed by atoms with Gasteiger partial charge in [-0.05, 0) is 41.5 Å². The molecule has 4 heteroatoms. The van der Waals surface area contributed by atoms with Gasteiger partial charge in [0.25, 0.3) is 0 Å². The Bertz CT molecular complexity index is 2610. The predicted octanol–water partition coefficient (Wildman–Crippen LogP) is 10.5. The van der Waals surface area contributed by atoms with Gasteiger partial charge in [-0.1, -0.05) is 115 Å². The van der Waals surface area contributed by atoms with Gasteiger partial charge in [0.2, 0.25) is 5.95 Å². The maximum atomic E-state index is 5.50. The molecule has 0 saturated heterocycles. The van der Waals surface area contributed by atoms with Gasteiger partial charge < -0.3 is 0 Å². The number of nitrogens with zero attached hydrogens (tertiary/aromatic N) is 3. The van der Waals surface area contributed by atoms with Crippen molar-refractivity contribution in [2.24, 2.45) is 0 Å². The van der Waals surface area contributed by atoms with Crippen LogP contribution in [-0.2, 0) is 12.8 Å². The zero-order valence-corrected chi connectivity index (χ0v) is 24.6. The van der Waals surface area contributed by atoms with Crippen LogP contribution in [0.4, 0.5) is 0 Å². The molecule has 0 spiro atoms. The second-order valence-corrected chi connectivity index (χ2v) is 12.7. The van der Waals surface area contributed by atoms with Crippen molar-refractivity contribution in [3.05, 3.63) is 139 Å². The SMILES string of the molecule is c1ccc(-c2nc(-n3c4ccccc4c4c5ccccc5c5sc6ccccc6c5c43)nc3c2-c2ccccc2CC3)cc1. The number of hydrogen-bond acceptors (Lipinski definition) is 3. The summed E-state index contributed by atoms with van der Waals surface area (Å²) in [6.07, 6.45) is 1.86. The summed E-state index contributed by atoms with van der Waals surface area (Å²) in [7, 11) is 0. The number of para-hydroxylation sites is 1. The molecule has 1 aliphatic rings. The number of benzene rings is 6. The Morgan fingerprint density at radius 3 is 2.16 bits per heavy atom. The Balaban J connectivity index is 1.42. The van der Waals surface area contributed by atoms with Gasteiger partial charge in [-0.2, -0.15) is 0 Å². The summed E-state index contributed by atoms with van der Waals surface area (Å²) in [6.45, 7) is 0. The zero-order chi connectivity index (χ0) is 28.8. The lowest BCUT2D eigenvalue weighted by molar-refractivity contribution is 0.861. The lowest BCUT2D eigenvalue weighted by Crippen LogP contribution is -2.13. The minimum absolute atomic E-state index is 0.736. The van der Waals surface area contributed by atoms with Gasteiger partial charge in [-0.3, -0.25) is 4.57 Å². The van der Waals surface area contributed by atoms with E-state index < -0.39 is 0 Å². The quantitative estimate of drug-likeness (QED) is 0.204. The molecule has 1 aliphatic carbocycles. The van der Waals surface area contributed by atoms with E-state index in [-0.39, 0.29) is 0 Å². The van der Waals surface area contributed by atoms with Crippen molar-refractivity contribution >= 4 is 64.1 Å². The molecule has 0 radical (unpaired) electrons. The highest BCUT2D eigenvalue weighted by Gasteiger charge is 2.27. The Hall–Kier alpha value is -5.32. The molecule has 3 aromatic heterocycles. The average molecular weight is 580 g/mol. The molecule has 0 fully saturated rings. The van der Waals surface area contributed by atoms with Crippen molar-refractivity contribution in [1.82, 2.24) is 14.5 Å². The van der Waals surface area contributed by atoms with Crippen LogP contribution in [0.2, 0.25) is 0 Å². The van der Waals surface area contributed by atoms with Gasteiger partial charge in [-0.15, -0.1) is 11.3 Å². The van der Waals surface area contributed by atoms with Crippen LogP contribution in [0.15, 0.2) is 127 Å². The van der Waals surface area contributed by atoms with Crippen LogP contribution >= 0.6 is 11.3 Å². The van der Waals surface area contributed by atoms with Crippen LogP contribution in [0, 0.1) is 0 Å². The standard InChI is InChI=1S/C40H25N3S/c1-2-13-25(14-3-1)37-35-26-15-5-4-12-24(26)22-23-31(35)41-40(42-37)43-32-20-10-8-18-29(32)34-27-16-6-7-17-28(27)39-36(38(34)43)30-19-9-11-21-33(30)44-39/h1-21H,22-23H2. The molecule has 44 heavy (non-hydrogen) atoms. The summed E-state index contributed by atoms with van der Waals surface area (Å²) in [4.78, 5) is 11.0. The first-order chi connectivity index (χ1) is 21.8. The second kappa shape index (κ2) is 9.09. The average Bonchev–Trinajstić information content (AvgIpc) is 3.65. The molecular formula is C40H25N3S. The highest BCUT2D eigenvalue weighted by Crippen LogP contribution is 2.48. The topological polar surface area (TPSA) is 30.7 Å². The van der Waals surface area contributed by atoms with E-state index in [1.54, 1.807) is 0 Å². The maximum Gasteiger partial charge on any atom is 0.235 e. The molecule has 0 atom stereocenters. The molecule has 3 heterocycles. The van der Waals surface area contributed by atoms with Crippen LogP contribution in [0.1, 0.15) is 11.3 Å². The van der Waals surface area contributed by atoms with E-state index in [9.17, 15) is 0 Å². The Morgan fingerprint density at radius 2 is 1.27 bits per heavy atom. The van der Waals surface area contributed by atoms with E-state index in [2.05, 4.69) is 132 Å². The lowest BCUT2D eigenvalue weighted by Gasteiger charge is -2.23. The number of fused-ring (bicyclic) bond motifs is 13. The van der Waals surface area contributed by atoms with Gasteiger partial charge in [0, 0.05) is 47.5 Å². The fourth-order valence-electron chi connectivity index (χ4n) is 7.42. The number of hydrogen-bond donors (Lipinski definition) is 0. The number of rotatable bonds is 2. The van der Waals surface area contributed by atoms with Gasteiger partial charge in [0.05, 0.1) is 22.4 Å². The Kier molecular flexibility index (Phi) is 4.99. The predicted molar refractivity (Wildman–Crippen MR) is 185 cm³/mol. The van der Waals surface area contributed by atoms with E-state index >= 15 is 0 Å². The van der Waals surface area contributed by atoms with Crippen molar-refractivity contribution in [2.45, 2.75) is 12.8 Å². The summed E-state index contributed by atoms with van der Waals surface area (Å²) in [5.41, 5.74) is 9.32. The van der Waals surface area contributed by atoms with Crippen molar-refractivity contribution < 1.29 is 0 Å². The van der Waals surface area contributed by atoms with E-state index in [0.717, 1.165) is 41.3 Å². The molecule has 0 unspecified atom stereocenters. The van der Waals surface area contributed by atoms with Crippen molar-refractivity contribution in [2.75, 3.05) is 0 Å². The van der Waals surface area contributed by atoms with Gasteiger partial charge in [-0.25, -0.2) is 9.97 Å². The molecule has 0 amide bonds. The molecule has 0 aliphatic heterocycles. The first kappa shape index (κ1) is 24.2. The summed E-state index contributed by atoms with van der Waals surface area (Å²) in [5, 5.41) is 7.62. The van der Waals surface area contributed by atoms with Crippen LogP contribution < -0.4 is 0 Å². The van der Waals surface area contributed by atoms with Crippen LogP contribution in [0.3, 0.4) is 0 Å². The monoisotopic (exact) mass is 579 g/mol. The molecule has 3 nitrogen and oxygen atoms in total. The molecule has 10 rings (SSSR count). The van der Waals surface area contributed by atoms with E-state index in [1.807, 2.05) is 11.3 Å². The van der Waals surface area contributed by atoms with Crippen LogP contribution in [-0.4, -0.2) is 14.5 Å². The fourth-order valence-corrected chi connectivity index (χ4v) is 8.67. The third-order valence-corrected chi connectivity index (χ3v) is 10.5. The van der Waals surface area contributed by atoms with Crippen molar-refractivity contribution in [3.8, 4) is 28.3 Å². The van der Waals surface area contributed by atoms with E-state index in [4.69, 9.17) is 9.97 Å². The Labute approximate surface area is 257 Å². The molecule has 9 aromatic rings.